The third-order valence-electron chi connectivity index (χ3n) is 4.71. The molecule has 1 aromatic carbocycles. The summed E-state index contributed by atoms with van der Waals surface area (Å²) in [4.78, 5) is 16.6. The van der Waals surface area contributed by atoms with Gasteiger partial charge in [-0.3, -0.25) is 9.48 Å². The molecule has 5 nitrogen and oxygen atoms in total. The van der Waals surface area contributed by atoms with E-state index < -0.39 is 0 Å². The summed E-state index contributed by atoms with van der Waals surface area (Å²) in [5, 5.41) is 8.38. The van der Waals surface area contributed by atoms with Crippen LogP contribution in [0.1, 0.15) is 25.2 Å². The number of nitrogens with one attached hydrogen (secondary N) is 1. The Balaban J connectivity index is 1.65. The third kappa shape index (κ3) is 3.88. The predicted octanol–water partition coefficient (Wildman–Crippen LogP) is 3.64. The van der Waals surface area contributed by atoms with Gasteiger partial charge in [0.25, 0.3) is 0 Å². The lowest BCUT2D eigenvalue weighted by atomic mass is 10.1. The van der Waals surface area contributed by atoms with Gasteiger partial charge in [0.15, 0.2) is 5.82 Å². The first kappa shape index (κ1) is 18.0. The Kier molecular flexibility index (Phi) is 4.89. The van der Waals surface area contributed by atoms with Crippen molar-refractivity contribution in [1.82, 2.24) is 20.1 Å². The van der Waals surface area contributed by atoms with E-state index in [-0.39, 0.29) is 23.2 Å². The molecule has 1 aromatic heterocycles. The fourth-order valence-corrected chi connectivity index (χ4v) is 3.48. The summed E-state index contributed by atoms with van der Waals surface area (Å²) in [5.74, 6) is 0.574. The van der Waals surface area contributed by atoms with E-state index in [2.05, 4.69) is 29.2 Å². The lowest BCUT2D eigenvalue weighted by Crippen LogP contribution is -2.26. The van der Waals surface area contributed by atoms with Crippen molar-refractivity contribution in [3.05, 3.63) is 53.1 Å². The molecule has 7 heteroatoms. The van der Waals surface area contributed by atoms with Crippen LogP contribution >= 0.6 is 23.2 Å². The number of carbonyl (C=O) groups is 1. The number of amides is 1. The van der Waals surface area contributed by atoms with Gasteiger partial charge in [0.1, 0.15) is 6.33 Å². The molecule has 3 rings (SSSR count). The second kappa shape index (κ2) is 6.81. The lowest BCUT2D eigenvalue weighted by Gasteiger charge is -2.03. The molecule has 1 heterocycles. The zero-order valence-electron chi connectivity index (χ0n) is 14.3. The van der Waals surface area contributed by atoms with Crippen LogP contribution in [0, 0.1) is 17.3 Å². The van der Waals surface area contributed by atoms with E-state index in [1.807, 2.05) is 18.2 Å². The first-order valence-electron chi connectivity index (χ1n) is 8.04. The zero-order chi connectivity index (χ0) is 18.2. The molecule has 0 saturated heterocycles. The molecule has 2 atom stereocenters. The number of hydrogen-bond donors (Lipinski definition) is 1. The summed E-state index contributed by atoms with van der Waals surface area (Å²) >= 11 is 12.3. The highest BCUT2D eigenvalue weighted by atomic mass is 35.5. The normalized spacial score (nSPS) is 21.9. The van der Waals surface area contributed by atoms with E-state index in [0.717, 1.165) is 5.56 Å². The molecular weight excluding hydrogens is 359 g/mol. The number of nitrogens with zero attached hydrogens (tertiary/aromatic N) is 3. The van der Waals surface area contributed by atoms with E-state index in [1.54, 1.807) is 30.2 Å². The van der Waals surface area contributed by atoms with Gasteiger partial charge in [-0.2, -0.15) is 5.10 Å². The van der Waals surface area contributed by atoms with E-state index >= 15 is 0 Å². The molecule has 0 unspecified atom stereocenters. The summed E-state index contributed by atoms with van der Waals surface area (Å²) in [7, 11) is 1.79. The maximum atomic E-state index is 12.5. The lowest BCUT2D eigenvalue weighted by molar-refractivity contribution is -0.123. The molecule has 0 spiro atoms. The summed E-state index contributed by atoms with van der Waals surface area (Å²) in [6, 6.07) is 7.35. The monoisotopic (exact) mass is 378 g/mol. The first-order chi connectivity index (χ1) is 11.8. The average molecular weight is 379 g/mol. The Hall–Kier alpha value is -1.85. The molecule has 1 aliphatic rings. The van der Waals surface area contributed by atoms with Crippen molar-refractivity contribution >= 4 is 34.1 Å². The Morgan fingerprint density at radius 3 is 2.64 bits per heavy atom. The minimum atomic E-state index is -0.131. The maximum absolute atomic E-state index is 12.5. The van der Waals surface area contributed by atoms with Crippen LogP contribution in [-0.4, -0.2) is 20.7 Å². The topological polar surface area (TPSA) is 59.8 Å². The van der Waals surface area contributed by atoms with Gasteiger partial charge in [-0.25, -0.2) is 4.98 Å². The average Bonchev–Trinajstić information content (AvgIpc) is 2.89. The number of aryl methyl sites for hydroxylation is 1. The molecule has 132 valence electrons. The number of halogens is 2. The highest BCUT2D eigenvalue weighted by Crippen LogP contribution is 2.60. The molecule has 0 bridgehead atoms. The molecule has 1 aliphatic carbocycles. The summed E-state index contributed by atoms with van der Waals surface area (Å²) in [5.41, 5.74) is 0.763. The van der Waals surface area contributed by atoms with Crippen LogP contribution in [-0.2, 0) is 18.4 Å². The molecule has 1 N–H and O–H groups in total. The van der Waals surface area contributed by atoms with Crippen molar-refractivity contribution in [3.8, 4) is 0 Å². The van der Waals surface area contributed by atoms with Crippen molar-refractivity contribution < 1.29 is 4.79 Å². The highest BCUT2D eigenvalue weighted by Gasteiger charge is 2.60. The number of allylic oxidation sites excluding steroid dienone is 1. The van der Waals surface area contributed by atoms with E-state index in [9.17, 15) is 4.79 Å². The quantitative estimate of drug-likeness (QED) is 0.863. The van der Waals surface area contributed by atoms with Gasteiger partial charge < -0.3 is 5.32 Å². The van der Waals surface area contributed by atoms with Gasteiger partial charge >= 0.3 is 0 Å². The van der Waals surface area contributed by atoms with Gasteiger partial charge in [-0.15, -0.1) is 0 Å². The Labute approximate surface area is 157 Å². The molecular formula is C18H20Cl2N4O. The molecule has 2 aromatic rings. The maximum Gasteiger partial charge on any atom is 0.224 e. The van der Waals surface area contributed by atoms with Crippen molar-refractivity contribution in [1.29, 1.82) is 0 Å². The Morgan fingerprint density at radius 1 is 1.36 bits per heavy atom. The van der Waals surface area contributed by atoms with E-state index in [1.165, 1.54) is 0 Å². The van der Waals surface area contributed by atoms with Gasteiger partial charge in [0.2, 0.25) is 5.91 Å². The van der Waals surface area contributed by atoms with Crippen LogP contribution in [0.5, 0.6) is 0 Å². The van der Waals surface area contributed by atoms with Crippen molar-refractivity contribution in [2.75, 3.05) is 0 Å². The Bertz CT molecular complexity index is 811. The molecule has 25 heavy (non-hydrogen) atoms. The first-order valence-corrected chi connectivity index (χ1v) is 8.80. The van der Waals surface area contributed by atoms with Crippen LogP contribution in [0.3, 0.4) is 0 Å². The standard InChI is InChI=1S/C18H20Cl2N4O/c1-18(2)13(8-14(20)11-4-6-12(19)7-5-11)16(18)17(25)21-9-15-22-10-24(3)23-15/h4-8,10,13,16H,9H2,1-3H3,(H,21,25)/b14-8-/t13-,16+/m1/s1. The zero-order valence-corrected chi connectivity index (χ0v) is 15.8. The molecule has 1 saturated carbocycles. The van der Waals surface area contributed by atoms with Crippen molar-refractivity contribution in [2.45, 2.75) is 20.4 Å². The van der Waals surface area contributed by atoms with Crippen LogP contribution in [0.15, 0.2) is 36.7 Å². The predicted molar refractivity (Wildman–Crippen MR) is 98.9 cm³/mol. The van der Waals surface area contributed by atoms with Gasteiger partial charge in [0, 0.05) is 17.1 Å². The Morgan fingerprint density at radius 2 is 2.04 bits per heavy atom. The molecule has 1 amide bonds. The van der Waals surface area contributed by atoms with Crippen LogP contribution in [0.25, 0.3) is 5.03 Å². The fraction of sp³-hybridized carbons (Fsp3) is 0.389. The summed E-state index contributed by atoms with van der Waals surface area (Å²) in [6.45, 7) is 4.47. The second-order valence-corrected chi connectivity index (χ2v) is 7.74. The number of benzene rings is 1. The number of rotatable bonds is 5. The number of hydrogen-bond acceptors (Lipinski definition) is 3. The smallest absolute Gasteiger partial charge is 0.224 e. The van der Waals surface area contributed by atoms with Crippen molar-refractivity contribution in [2.24, 2.45) is 24.3 Å². The second-order valence-electron chi connectivity index (χ2n) is 6.90. The highest BCUT2D eigenvalue weighted by molar-refractivity contribution is 6.48. The van der Waals surface area contributed by atoms with Crippen LogP contribution in [0.2, 0.25) is 5.02 Å². The molecule has 0 radical (unpaired) electrons. The fourth-order valence-electron chi connectivity index (χ4n) is 3.09. The minimum absolute atomic E-state index is 0.000671. The summed E-state index contributed by atoms with van der Waals surface area (Å²) in [6.07, 6.45) is 3.58. The minimum Gasteiger partial charge on any atom is -0.348 e. The van der Waals surface area contributed by atoms with Gasteiger partial charge in [-0.05, 0) is 29.0 Å². The van der Waals surface area contributed by atoms with Crippen molar-refractivity contribution in [3.63, 3.8) is 0 Å². The van der Waals surface area contributed by atoms with E-state index in [0.29, 0.717) is 22.4 Å². The number of carbonyl (C=O) groups excluding carboxylic acids is 1. The SMILES string of the molecule is Cn1cnc(CNC(=O)[C@@H]2[C@@H](/C=C(\Cl)c3ccc(Cl)cc3)C2(C)C)n1. The van der Waals surface area contributed by atoms with Gasteiger partial charge in [-0.1, -0.05) is 55.3 Å². The van der Waals surface area contributed by atoms with Gasteiger partial charge in [0.05, 0.1) is 12.5 Å². The van der Waals surface area contributed by atoms with Crippen LogP contribution in [0.4, 0.5) is 0 Å². The number of aromatic nitrogens is 3. The third-order valence-corrected chi connectivity index (χ3v) is 5.30. The largest absolute Gasteiger partial charge is 0.348 e. The van der Waals surface area contributed by atoms with Crippen LogP contribution < -0.4 is 5.32 Å². The molecule has 1 fully saturated rings. The summed E-state index contributed by atoms with van der Waals surface area (Å²) < 4.78 is 1.61. The molecule has 0 aliphatic heterocycles. The van der Waals surface area contributed by atoms with E-state index in [4.69, 9.17) is 23.2 Å².